The fourth-order valence-corrected chi connectivity index (χ4v) is 6.62. The number of aryl methyl sites for hydroxylation is 1. The van der Waals surface area contributed by atoms with Crippen molar-refractivity contribution >= 4 is 21.4 Å². The van der Waals surface area contributed by atoms with Gasteiger partial charge >= 0.3 is 0 Å². The molecule has 0 unspecified atom stereocenters. The highest BCUT2D eigenvalue weighted by molar-refractivity contribution is 7.91. The molecular formula is C17H28N2O2S2. The Hall–Kier alpha value is -0.430. The van der Waals surface area contributed by atoms with Crippen LogP contribution in [0.3, 0.4) is 0 Å². The Balaban J connectivity index is 1.61. The van der Waals surface area contributed by atoms with Crippen molar-refractivity contribution < 1.29 is 8.42 Å². The summed E-state index contributed by atoms with van der Waals surface area (Å²) in [4.78, 5) is 3.67. The summed E-state index contributed by atoms with van der Waals surface area (Å²) in [6, 6.07) is 4.39. The van der Waals surface area contributed by atoms with Crippen LogP contribution in [0.5, 0.6) is 0 Å². The summed E-state index contributed by atoms with van der Waals surface area (Å²) in [6.07, 6.45) is 8.87. The van der Waals surface area contributed by atoms with Gasteiger partial charge in [0.25, 0.3) is 10.0 Å². The maximum Gasteiger partial charge on any atom is 0.252 e. The van der Waals surface area contributed by atoms with Gasteiger partial charge in [0.2, 0.25) is 0 Å². The predicted octanol–water partition coefficient (Wildman–Crippen LogP) is 3.34. The molecule has 1 aliphatic heterocycles. The summed E-state index contributed by atoms with van der Waals surface area (Å²) in [5, 5.41) is 0. The molecule has 3 rings (SSSR count). The summed E-state index contributed by atoms with van der Waals surface area (Å²) in [5.74, 6) is 0. The van der Waals surface area contributed by atoms with E-state index in [1.165, 1.54) is 49.9 Å². The van der Waals surface area contributed by atoms with E-state index in [1.54, 1.807) is 10.4 Å². The molecule has 0 spiro atoms. The second-order valence-corrected chi connectivity index (χ2v) is 9.99. The molecule has 2 heterocycles. The third kappa shape index (κ3) is 3.98. The van der Waals surface area contributed by atoms with E-state index >= 15 is 0 Å². The van der Waals surface area contributed by atoms with Crippen LogP contribution in [0, 0.1) is 0 Å². The second kappa shape index (κ2) is 7.64. The summed E-state index contributed by atoms with van der Waals surface area (Å²) < 4.78 is 27.7. The van der Waals surface area contributed by atoms with Crippen LogP contribution in [-0.2, 0) is 16.4 Å². The van der Waals surface area contributed by atoms with E-state index in [4.69, 9.17) is 0 Å². The first-order chi connectivity index (χ1) is 11.1. The number of sulfonamides is 1. The topological polar surface area (TPSA) is 40.6 Å². The van der Waals surface area contributed by atoms with Gasteiger partial charge in [-0.1, -0.05) is 32.6 Å². The first kappa shape index (κ1) is 17.4. The van der Waals surface area contributed by atoms with Crippen molar-refractivity contribution in [3.8, 4) is 0 Å². The van der Waals surface area contributed by atoms with Crippen LogP contribution in [0.4, 0.5) is 0 Å². The van der Waals surface area contributed by atoms with Crippen molar-refractivity contribution in [2.75, 3.05) is 26.2 Å². The van der Waals surface area contributed by atoms with Crippen LogP contribution in [0.2, 0.25) is 0 Å². The van der Waals surface area contributed by atoms with Gasteiger partial charge in [0.15, 0.2) is 0 Å². The Kier molecular flexibility index (Phi) is 5.78. The van der Waals surface area contributed by atoms with E-state index in [0.29, 0.717) is 23.3 Å². The zero-order valence-corrected chi connectivity index (χ0v) is 15.7. The van der Waals surface area contributed by atoms with Crippen molar-refractivity contribution in [1.82, 2.24) is 9.21 Å². The van der Waals surface area contributed by atoms with E-state index in [9.17, 15) is 8.42 Å². The molecule has 2 aliphatic rings. The van der Waals surface area contributed by atoms with Gasteiger partial charge in [0, 0.05) is 37.1 Å². The van der Waals surface area contributed by atoms with Gasteiger partial charge in [-0.15, -0.1) is 11.3 Å². The van der Waals surface area contributed by atoms with Gasteiger partial charge in [-0.05, 0) is 31.4 Å². The number of hydrogen-bond donors (Lipinski definition) is 0. The summed E-state index contributed by atoms with van der Waals surface area (Å²) in [7, 11) is -3.29. The Bertz CT molecular complexity index is 596. The highest BCUT2D eigenvalue weighted by Gasteiger charge is 2.31. The fourth-order valence-electron chi connectivity index (χ4n) is 3.75. The molecule has 1 aliphatic carbocycles. The first-order valence-corrected chi connectivity index (χ1v) is 11.2. The van der Waals surface area contributed by atoms with Crippen LogP contribution in [0.1, 0.15) is 50.3 Å². The van der Waals surface area contributed by atoms with Gasteiger partial charge in [-0.25, -0.2) is 8.42 Å². The Labute approximate surface area is 144 Å². The van der Waals surface area contributed by atoms with E-state index in [2.05, 4.69) is 11.8 Å². The molecule has 23 heavy (non-hydrogen) atoms. The zero-order chi connectivity index (χ0) is 16.3. The van der Waals surface area contributed by atoms with Crippen molar-refractivity contribution in [2.24, 2.45) is 0 Å². The predicted molar refractivity (Wildman–Crippen MR) is 95.5 cm³/mol. The largest absolute Gasteiger partial charge is 0.298 e. The maximum absolute atomic E-state index is 12.8. The van der Waals surface area contributed by atoms with Crippen LogP contribution in [-0.4, -0.2) is 49.8 Å². The summed E-state index contributed by atoms with van der Waals surface area (Å²) in [6.45, 7) is 5.11. The number of piperazine rings is 1. The van der Waals surface area contributed by atoms with Crippen molar-refractivity contribution in [3.05, 3.63) is 17.0 Å². The number of nitrogens with zero attached hydrogens (tertiary/aromatic N) is 2. The van der Waals surface area contributed by atoms with Gasteiger partial charge in [0.05, 0.1) is 0 Å². The third-order valence-corrected chi connectivity index (χ3v) is 8.79. The zero-order valence-electron chi connectivity index (χ0n) is 14.0. The lowest BCUT2D eigenvalue weighted by Gasteiger charge is -2.38. The molecule has 1 aromatic rings. The molecule has 0 N–H and O–H groups in total. The molecule has 0 radical (unpaired) electrons. The van der Waals surface area contributed by atoms with Gasteiger partial charge in [-0.2, -0.15) is 4.31 Å². The SMILES string of the molecule is CCc1ccc(S(=O)(=O)N2CCN(C3CCCCCC3)CC2)s1. The molecule has 130 valence electrons. The van der Waals surface area contributed by atoms with Gasteiger partial charge in [0.1, 0.15) is 4.21 Å². The quantitative estimate of drug-likeness (QED) is 0.777. The van der Waals surface area contributed by atoms with Crippen molar-refractivity contribution in [2.45, 2.75) is 62.1 Å². The molecule has 1 aromatic heterocycles. The fraction of sp³-hybridized carbons (Fsp3) is 0.765. The highest BCUT2D eigenvalue weighted by atomic mass is 32.2. The molecule has 0 bridgehead atoms. The summed E-state index contributed by atoms with van der Waals surface area (Å²) in [5.41, 5.74) is 0. The minimum Gasteiger partial charge on any atom is -0.298 e. The van der Waals surface area contributed by atoms with E-state index < -0.39 is 10.0 Å². The van der Waals surface area contributed by atoms with E-state index in [-0.39, 0.29) is 0 Å². The Morgan fingerprint density at radius 1 is 1.04 bits per heavy atom. The minimum absolute atomic E-state index is 0.511. The lowest BCUT2D eigenvalue weighted by molar-refractivity contribution is 0.126. The lowest BCUT2D eigenvalue weighted by atomic mass is 10.1. The monoisotopic (exact) mass is 356 g/mol. The maximum atomic E-state index is 12.8. The molecule has 6 heteroatoms. The number of hydrogen-bond acceptors (Lipinski definition) is 4. The normalized spacial score (nSPS) is 23.0. The first-order valence-electron chi connectivity index (χ1n) is 8.94. The van der Waals surface area contributed by atoms with Gasteiger partial charge < -0.3 is 0 Å². The standard InChI is InChI=1S/C17H28N2O2S2/c1-2-16-9-10-17(22-16)23(20,21)19-13-11-18(12-14-19)15-7-5-3-4-6-8-15/h9-10,15H,2-8,11-14H2,1H3. The molecule has 1 saturated carbocycles. The third-order valence-electron chi connectivity index (χ3n) is 5.19. The average molecular weight is 357 g/mol. The highest BCUT2D eigenvalue weighted by Crippen LogP contribution is 2.28. The average Bonchev–Trinajstić information content (AvgIpc) is 2.91. The molecule has 0 amide bonds. The van der Waals surface area contributed by atoms with Crippen LogP contribution < -0.4 is 0 Å². The number of rotatable bonds is 4. The molecule has 1 saturated heterocycles. The molecular weight excluding hydrogens is 328 g/mol. The molecule has 0 aromatic carbocycles. The Morgan fingerprint density at radius 2 is 1.70 bits per heavy atom. The molecule has 4 nitrogen and oxygen atoms in total. The minimum atomic E-state index is -3.29. The molecule has 2 fully saturated rings. The van der Waals surface area contributed by atoms with Crippen LogP contribution >= 0.6 is 11.3 Å². The molecule has 0 atom stereocenters. The van der Waals surface area contributed by atoms with Crippen molar-refractivity contribution in [1.29, 1.82) is 0 Å². The van der Waals surface area contributed by atoms with Crippen molar-refractivity contribution in [3.63, 3.8) is 0 Å². The number of thiophene rings is 1. The van der Waals surface area contributed by atoms with Crippen LogP contribution in [0.15, 0.2) is 16.3 Å². The second-order valence-electron chi connectivity index (χ2n) is 6.66. The lowest BCUT2D eigenvalue weighted by Crippen LogP contribution is -2.51. The van der Waals surface area contributed by atoms with Gasteiger partial charge in [-0.3, -0.25) is 4.90 Å². The van der Waals surface area contributed by atoms with Crippen LogP contribution in [0.25, 0.3) is 0 Å². The smallest absolute Gasteiger partial charge is 0.252 e. The van der Waals surface area contributed by atoms with E-state index in [0.717, 1.165) is 24.4 Å². The van der Waals surface area contributed by atoms with E-state index in [1.807, 2.05) is 6.07 Å². The Morgan fingerprint density at radius 3 is 2.26 bits per heavy atom. The summed E-state index contributed by atoms with van der Waals surface area (Å²) >= 11 is 1.42.